The lowest BCUT2D eigenvalue weighted by atomic mass is 10.2. The quantitative estimate of drug-likeness (QED) is 0.362. The Bertz CT molecular complexity index is 372. The highest BCUT2D eigenvalue weighted by molar-refractivity contribution is 5.84. The van der Waals surface area contributed by atoms with E-state index in [1.54, 1.807) is 19.0 Å². The van der Waals surface area contributed by atoms with Gasteiger partial charge in [-0.3, -0.25) is 9.69 Å². The molecule has 0 aromatic heterocycles. The molecule has 0 saturated heterocycles. The second kappa shape index (κ2) is 12.1. The standard InChI is InChI=1S/C18H39N5O/c1-9-16(6)21-18(20-13-17(24)22(7)8)19-11-10-12-23(14(2)3)15(4)5/h14-16H,9-13H2,1-8H3,(H2,19,20,21). The molecule has 0 radical (unpaired) electrons. The fourth-order valence-electron chi connectivity index (χ4n) is 2.36. The lowest BCUT2D eigenvalue weighted by molar-refractivity contribution is -0.127. The van der Waals surface area contributed by atoms with Crippen molar-refractivity contribution in [3.05, 3.63) is 0 Å². The van der Waals surface area contributed by atoms with E-state index in [1.807, 2.05) is 0 Å². The molecule has 24 heavy (non-hydrogen) atoms. The van der Waals surface area contributed by atoms with Crippen LogP contribution in [0.25, 0.3) is 0 Å². The van der Waals surface area contributed by atoms with Gasteiger partial charge in [-0.25, -0.2) is 4.99 Å². The highest BCUT2D eigenvalue weighted by atomic mass is 16.2. The number of nitrogens with one attached hydrogen (secondary N) is 2. The first-order valence-corrected chi connectivity index (χ1v) is 9.19. The summed E-state index contributed by atoms with van der Waals surface area (Å²) in [5.74, 6) is 0.728. The van der Waals surface area contributed by atoms with Crippen molar-refractivity contribution >= 4 is 11.9 Å². The highest BCUT2D eigenvalue weighted by Crippen LogP contribution is 2.05. The van der Waals surface area contributed by atoms with Gasteiger partial charge in [-0.15, -0.1) is 0 Å². The van der Waals surface area contributed by atoms with Crippen LogP contribution in [0, 0.1) is 0 Å². The maximum absolute atomic E-state index is 11.7. The second-order valence-electron chi connectivity index (χ2n) is 7.11. The summed E-state index contributed by atoms with van der Waals surface area (Å²) in [6, 6.07) is 1.43. The number of likely N-dealkylation sites (N-methyl/N-ethyl adjacent to an activating group) is 1. The summed E-state index contributed by atoms with van der Waals surface area (Å²) in [5, 5.41) is 6.70. The molecule has 0 aromatic carbocycles. The fourth-order valence-corrected chi connectivity index (χ4v) is 2.36. The van der Waals surface area contributed by atoms with Gasteiger partial charge in [0.2, 0.25) is 5.91 Å². The van der Waals surface area contributed by atoms with Crippen molar-refractivity contribution in [2.24, 2.45) is 4.99 Å². The predicted molar refractivity (Wildman–Crippen MR) is 103 cm³/mol. The third-order valence-corrected chi connectivity index (χ3v) is 4.08. The minimum Gasteiger partial charge on any atom is -0.356 e. The van der Waals surface area contributed by atoms with Crippen LogP contribution in [-0.2, 0) is 4.79 Å². The fraction of sp³-hybridized carbons (Fsp3) is 0.889. The van der Waals surface area contributed by atoms with Crippen LogP contribution in [-0.4, -0.2) is 73.5 Å². The molecule has 0 aliphatic heterocycles. The number of guanidine groups is 1. The zero-order valence-corrected chi connectivity index (χ0v) is 17.0. The first kappa shape index (κ1) is 22.7. The van der Waals surface area contributed by atoms with Crippen molar-refractivity contribution < 1.29 is 4.79 Å². The minimum absolute atomic E-state index is 0.00559. The van der Waals surface area contributed by atoms with Gasteiger partial charge >= 0.3 is 0 Å². The SMILES string of the molecule is CCC(C)NC(=NCC(=O)N(C)C)NCCCN(C(C)C)C(C)C. The van der Waals surface area contributed by atoms with Crippen molar-refractivity contribution in [1.82, 2.24) is 20.4 Å². The first-order valence-electron chi connectivity index (χ1n) is 9.19. The first-order chi connectivity index (χ1) is 11.2. The number of nitrogens with zero attached hydrogens (tertiary/aromatic N) is 3. The Morgan fingerprint density at radius 1 is 1.08 bits per heavy atom. The summed E-state index contributed by atoms with van der Waals surface area (Å²) >= 11 is 0. The molecule has 0 aliphatic carbocycles. The Morgan fingerprint density at radius 2 is 1.67 bits per heavy atom. The van der Waals surface area contributed by atoms with Gasteiger partial charge in [0, 0.05) is 45.3 Å². The third kappa shape index (κ3) is 9.75. The van der Waals surface area contributed by atoms with Gasteiger partial charge < -0.3 is 15.5 Å². The summed E-state index contributed by atoms with van der Waals surface area (Å²) < 4.78 is 0. The average molecular weight is 342 g/mol. The monoisotopic (exact) mass is 341 g/mol. The largest absolute Gasteiger partial charge is 0.356 e. The zero-order chi connectivity index (χ0) is 18.7. The lowest BCUT2D eigenvalue weighted by Crippen LogP contribution is -2.44. The molecule has 0 rings (SSSR count). The van der Waals surface area contributed by atoms with Crippen LogP contribution in [0.3, 0.4) is 0 Å². The molecular formula is C18H39N5O. The van der Waals surface area contributed by atoms with Crippen LogP contribution in [0.5, 0.6) is 0 Å². The van der Waals surface area contributed by atoms with Crippen molar-refractivity contribution in [2.45, 2.75) is 72.5 Å². The Morgan fingerprint density at radius 3 is 2.12 bits per heavy atom. The van der Waals surface area contributed by atoms with Crippen LogP contribution >= 0.6 is 0 Å². The average Bonchev–Trinajstić information content (AvgIpc) is 2.50. The van der Waals surface area contributed by atoms with Gasteiger partial charge in [-0.1, -0.05) is 6.92 Å². The van der Waals surface area contributed by atoms with E-state index in [0.717, 1.165) is 31.9 Å². The Balaban J connectivity index is 4.50. The normalized spacial score (nSPS) is 13.5. The van der Waals surface area contributed by atoms with Crippen molar-refractivity contribution in [3.63, 3.8) is 0 Å². The molecule has 0 aliphatic rings. The summed E-state index contributed by atoms with van der Waals surface area (Å²) in [5.41, 5.74) is 0. The summed E-state index contributed by atoms with van der Waals surface area (Å²) in [6.45, 7) is 15.2. The number of hydrogen-bond donors (Lipinski definition) is 2. The highest BCUT2D eigenvalue weighted by Gasteiger charge is 2.12. The number of hydrogen-bond acceptors (Lipinski definition) is 3. The maximum atomic E-state index is 11.7. The van der Waals surface area contributed by atoms with E-state index in [0.29, 0.717) is 18.1 Å². The van der Waals surface area contributed by atoms with Gasteiger partial charge in [0.15, 0.2) is 5.96 Å². The van der Waals surface area contributed by atoms with Crippen LogP contribution in [0.4, 0.5) is 0 Å². The van der Waals surface area contributed by atoms with E-state index in [1.165, 1.54) is 0 Å². The number of rotatable bonds is 10. The Labute approximate surface area is 149 Å². The van der Waals surface area contributed by atoms with E-state index in [4.69, 9.17) is 0 Å². The van der Waals surface area contributed by atoms with Gasteiger partial charge in [-0.2, -0.15) is 0 Å². The van der Waals surface area contributed by atoms with E-state index in [2.05, 4.69) is 62.1 Å². The Kier molecular flexibility index (Phi) is 11.5. The molecule has 6 nitrogen and oxygen atoms in total. The Hall–Kier alpha value is -1.30. The summed E-state index contributed by atoms with van der Waals surface area (Å²) in [4.78, 5) is 20.2. The number of carbonyl (C=O) groups excluding carboxylic acids is 1. The van der Waals surface area contributed by atoms with E-state index >= 15 is 0 Å². The van der Waals surface area contributed by atoms with Crippen molar-refractivity contribution in [3.8, 4) is 0 Å². The van der Waals surface area contributed by atoms with E-state index < -0.39 is 0 Å². The van der Waals surface area contributed by atoms with Crippen molar-refractivity contribution in [1.29, 1.82) is 0 Å². The topological polar surface area (TPSA) is 60.0 Å². The van der Waals surface area contributed by atoms with E-state index in [9.17, 15) is 4.79 Å². The molecule has 6 heteroatoms. The molecule has 0 fully saturated rings. The van der Waals surface area contributed by atoms with Crippen LogP contribution < -0.4 is 10.6 Å². The van der Waals surface area contributed by atoms with Gasteiger partial charge in [0.05, 0.1) is 0 Å². The van der Waals surface area contributed by atoms with Crippen molar-refractivity contribution in [2.75, 3.05) is 33.7 Å². The minimum atomic E-state index is 0.00559. The molecule has 0 heterocycles. The molecular weight excluding hydrogens is 302 g/mol. The molecule has 1 unspecified atom stereocenters. The van der Waals surface area contributed by atoms with Crippen LogP contribution in [0.1, 0.15) is 54.4 Å². The molecule has 2 N–H and O–H groups in total. The number of carbonyl (C=O) groups is 1. The molecule has 0 aromatic rings. The molecule has 0 saturated carbocycles. The summed E-state index contributed by atoms with van der Waals surface area (Å²) in [6.07, 6.45) is 2.05. The molecule has 1 amide bonds. The number of amides is 1. The zero-order valence-electron chi connectivity index (χ0n) is 17.0. The third-order valence-electron chi connectivity index (χ3n) is 4.08. The van der Waals surface area contributed by atoms with Gasteiger partial charge in [0.25, 0.3) is 0 Å². The van der Waals surface area contributed by atoms with E-state index in [-0.39, 0.29) is 12.5 Å². The van der Waals surface area contributed by atoms with Crippen LogP contribution in [0.15, 0.2) is 4.99 Å². The molecule has 0 bridgehead atoms. The smallest absolute Gasteiger partial charge is 0.243 e. The predicted octanol–water partition coefficient (Wildman–Crippen LogP) is 1.92. The lowest BCUT2D eigenvalue weighted by Gasteiger charge is -2.30. The number of aliphatic imine (C=N–C) groups is 1. The molecule has 1 atom stereocenters. The summed E-state index contributed by atoms with van der Waals surface area (Å²) in [7, 11) is 3.50. The second-order valence-corrected chi connectivity index (χ2v) is 7.11. The van der Waals surface area contributed by atoms with Gasteiger partial charge in [-0.05, 0) is 47.5 Å². The maximum Gasteiger partial charge on any atom is 0.243 e. The molecule has 142 valence electrons. The van der Waals surface area contributed by atoms with Gasteiger partial charge in [0.1, 0.15) is 6.54 Å². The van der Waals surface area contributed by atoms with Crippen LogP contribution in [0.2, 0.25) is 0 Å². The molecule has 0 spiro atoms.